The summed E-state index contributed by atoms with van der Waals surface area (Å²) in [4.78, 5) is 11.6. The van der Waals surface area contributed by atoms with Crippen molar-refractivity contribution in [3.05, 3.63) is 28.7 Å². The fraction of sp³-hybridized carbons (Fsp3) is 0.467. The van der Waals surface area contributed by atoms with Gasteiger partial charge in [-0.1, -0.05) is 35.7 Å². The summed E-state index contributed by atoms with van der Waals surface area (Å²) in [6.07, 6.45) is 4.40. The summed E-state index contributed by atoms with van der Waals surface area (Å²) >= 11 is 3.34. The van der Waals surface area contributed by atoms with Crippen molar-refractivity contribution in [3.8, 4) is 5.75 Å². The zero-order valence-corrected chi connectivity index (χ0v) is 13.6. The maximum Gasteiger partial charge on any atom is 0.277 e. The molecule has 0 radical (unpaired) electrons. The first-order valence-corrected chi connectivity index (χ1v) is 7.61. The molecule has 1 rings (SSSR count). The molecule has 20 heavy (non-hydrogen) atoms. The van der Waals surface area contributed by atoms with Crippen molar-refractivity contribution in [3.63, 3.8) is 0 Å². The van der Waals surface area contributed by atoms with Crippen LogP contribution in [-0.2, 0) is 4.79 Å². The normalized spacial score (nSPS) is 11.2. The van der Waals surface area contributed by atoms with E-state index in [4.69, 9.17) is 4.74 Å². The molecule has 0 aliphatic carbocycles. The Hall–Kier alpha value is -1.36. The number of nitrogens with one attached hydrogen (secondary N) is 1. The Morgan fingerprint density at radius 3 is 2.65 bits per heavy atom. The number of halogens is 1. The minimum Gasteiger partial charge on any atom is -0.484 e. The van der Waals surface area contributed by atoms with E-state index in [9.17, 15) is 4.79 Å². The van der Waals surface area contributed by atoms with E-state index in [1.54, 1.807) is 12.1 Å². The van der Waals surface area contributed by atoms with Gasteiger partial charge in [0.2, 0.25) is 0 Å². The number of hydrogen-bond donors (Lipinski definition) is 1. The van der Waals surface area contributed by atoms with E-state index in [2.05, 4.69) is 33.4 Å². The van der Waals surface area contributed by atoms with Crippen LogP contribution in [-0.4, -0.2) is 18.2 Å². The van der Waals surface area contributed by atoms with Crippen molar-refractivity contribution >= 4 is 27.5 Å². The molecule has 1 aromatic rings. The van der Waals surface area contributed by atoms with Crippen molar-refractivity contribution < 1.29 is 9.53 Å². The van der Waals surface area contributed by atoms with Crippen LogP contribution >= 0.6 is 15.9 Å². The molecule has 0 aromatic heterocycles. The molecule has 0 aliphatic heterocycles. The number of benzene rings is 1. The monoisotopic (exact) mass is 340 g/mol. The first kappa shape index (κ1) is 16.7. The minimum atomic E-state index is -0.247. The second kappa shape index (κ2) is 9.53. The lowest BCUT2D eigenvalue weighted by Gasteiger charge is -2.05. The summed E-state index contributed by atoms with van der Waals surface area (Å²) in [7, 11) is 0. The summed E-state index contributed by atoms with van der Waals surface area (Å²) < 4.78 is 6.33. The van der Waals surface area contributed by atoms with Gasteiger partial charge in [-0.05, 0) is 44.0 Å². The Balaban J connectivity index is 2.26. The van der Waals surface area contributed by atoms with Crippen molar-refractivity contribution in [2.45, 2.75) is 39.5 Å². The third kappa shape index (κ3) is 7.28. The van der Waals surface area contributed by atoms with Crippen LogP contribution in [0.2, 0.25) is 0 Å². The van der Waals surface area contributed by atoms with E-state index >= 15 is 0 Å². The highest BCUT2D eigenvalue weighted by Gasteiger charge is 2.02. The molecular weight excluding hydrogens is 320 g/mol. The van der Waals surface area contributed by atoms with Crippen molar-refractivity contribution in [1.29, 1.82) is 0 Å². The third-order valence-corrected chi connectivity index (χ3v) is 3.23. The Kier molecular flexibility index (Phi) is 7.95. The van der Waals surface area contributed by atoms with Gasteiger partial charge in [-0.3, -0.25) is 4.79 Å². The number of ether oxygens (including phenoxy) is 1. The topological polar surface area (TPSA) is 50.7 Å². The first-order chi connectivity index (χ1) is 9.61. The van der Waals surface area contributed by atoms with Gasteiger partial charge >= 0.3 is 0 Å². The molecule has 0 unspecified atom stereocenters. The van der Waals surface area contributed by atoms with Crippen molar-refractivity contribution in [2.75, 3.05) is 6.61 Å². The zero-order chi connectivity index (χ0) is 14.8. The number of rotatable bonds is 8. The average molecular weight is 341 g/mol. The number of carbonyl (C=O) groups is 1. The van der Waals surface area contributed by atoms with E-state index in [0.29, 0.717) is 5.75 Å². The third-order valence-electron chi connectivity index (χ3n) is 2.70. The number of nitrogens with zero attached hydrogens (tertiary/aromatic N) is 1. The van der Waals surface area contributed by atoms with Crippen LogP contribution < -0.4 is 10.2 Å². The molecule has 1 amide bonds. The van der Waals surface area contributed by atoms with Crippen molar-refractivity contribution in [1.82, 2.24) is 5.43 Å². The Bertz CT molecular complexity index is 444. The lowest BCUT2D eigenvalue weighted by Crippen LogP contribution is -2.25. The Morgan fingerprint density at radius 1 is 1.30 bits per heavy atom. The van der Waals surface area contributed by atoms with Gasteiger partial charge in [0.25, 0.3) is 5.91 Å². The highest BCUT2D eigenvalue weighted by atomic mass is 79.9. The van der Waals surface area contributed by atoms with E-state index in [1.807, 2.05) is 19.1 Å². The summed E-state index contributed by atoms with van der Waals surface area (Å²) in [5, 5.41) is 4.05. The van der Waals surface area contributed by atoms with Crippen LogP contribution in [0.1, 0.15) is 39.5 Å². The van der Waals surface area contributed by atoms with Crippen LogP contribution in [0.5, 0.6) is 5.75 Å². The van der Waals surface area contributed by atoms with Crippen LogP contribution in [0, 0.1) is 0 Å². The molecule has 110 valence electrons. The number of amides is 1. The smallest absolute Gasteiger partial charge is 0.277 e. The number of hydrogen-bond acceptors (Lipinski definition) is 3. The maximum atomic E-state index is 11.6. The molecule has 1 N–H and O–H groups in total. The summed E-state index contributed by atoms with van der Waals surface area (Å²) in [5.41, 5.74) is 3.45. The summed E-state index contributed by atoms with van der Waals surface area (Å²) in [6.45, 7) is 4.05. The zero-order valence-electron chi connectivity index (χ0n) is 12.0. The first-order valence-electron chi connectivity index (χ1n) is 6.82. The fourth-order valence-electron chi connectivity index (χ4n) is 1.56. The highest BCUT2D eigenvalue weighted by molar-refractivity contribution is 9.10. The lowest BCUT2D eigenvalue weighted by molar-refractivity contribution is -0.123. The standard InChI is InChI=1S/C15H21BrN2O2/c1-3-4-5-6-12(2)17-18-15(19)11-20-14-9-7-13(16)8-10-14/h7-10H,3-6,11H2,1-2H3,(H,18,19)/b17-12+. The van der Waals surface area contributed by atoms with Gasteiger partial charge in [-0.15, -0.1) is 0 Å². The van der Waals surface area contributed by atoms with E-state index in [0.717, 1.165) is 23.0 Å². The molecule has 0 saturated heterocycles. The van der Waals surface area contributed by atoms with E-state index in [1.165, 1.54) is 12.8 Å². The molecule has 0 atom stereocenters. The minimum absolute atomic E-state index is 0.0344. The Labute approximate surface area is 128 Å². The molecule has 4 nitrogen and oxygen atoms in total. The van der Waals surface area contributed by atoms with Gasteiger partial charge in [0.05, 0.1) is 0 Å². The van der Waals surface area contributed by atoms with Crippen LogP contribution in [0.25, 0.3) is 0 Å². The quantitative estimate of drug-likeness (QED) is 0.443. The van der Waals surface area contributed by atoms with E-state index in [-0.39, 0.29) is 12.5 Å². The number of carbonyl (C=O) groups excluding carboxylic acids is 1. The Morgan fingerprint density at radius 2 is 2.00 bits per heavy atom. The predicted octanol–water partition coefficient (Wildman–Crippen LogP) is 3.90. The molecule has 5 heteroatoms. The molecule has 0 fully saturated rings. The predicted molar refractivity (Wildman–Crippen MR) is 85.0 cm³/mol. The van der Waals surface area contributed by atoms with Gasteiger partial charge in [-0.2, -0.15) is 5.10 Å². The lowest BCUT2D eigenvalue weighted by atomic mass is 10.1. The van der Waals surface area contributed by atoms with Gasteiger partial charge in [0, 0.05) is 10.2 Å². The SMILES string of the molecule is CCCCC/C(C)=N/NC(=O)COc1ccc(Br)cc1. The van der Waals surface area contributed by atoms with Crippen LogP contribution in [0.15, 0.2) is 33.8 Å². The number of unbranched alkanes of at least 4 members (excludes halogenated alkanes) is 2. The van der Waals surface area contributed by atoms with Gasteiger partial charge < -0.3 is 4.74 Å². The van der Waals surface area contributed by atoms with Gasteiger partial charge in [0.1, 0.15) is 5.75 Å². The van der Waals surface area contributed by atoms with Crippen molar-refractivity contribution in [2.24, 2.45) is 5.10 Å². The van der Waals surface area contributed by atoms with Gasteiger partial charge in [-0.25, -0.2) is 5.43 Å². The second-order valence-corrected chi connectivity index (χ2v) is 5.50. The largest absolute Gasteiger partial charge is 0.484 e. The second-order valence-electron chi connectivity index (χ2n) is 4.58. The summed E-state index contributed by atoms with van der Waals surface area (Å²) in [6, 6.07) is 7.33. The van der Waals surface area contributed by atoms with E-state index < -0.39 is 0 Å². The molecule has 0 bridgehead atoms. The molecule has 1 aromatic carbocycles. The molecule has 0 heterocycles. The highest BCUT2D eigenvalue weighted by Crippen LogP contribution is 2.15. The van der Waals surface area contributed by atoms with Gasteiger partial charge in [0.15, 0.2) is 6.61 Å². The van der Waals surface area contributed by atoms with Crippen LogP contribution in [0.3, 0.4) is 0 Å². The van der Waals surface area contributed by atoms with Crippen LogP contribution in [0.4, 0.5) is 0 Å². The molecule has 0 aliphatic rings. The maximum absolute atomic E-state index is 11.6. The number of hydrazone groups is 1. The molecule has 0 saturated carbocycles. The average Bonchev–Trinajstić information content (AvgIpc) is 2.45. The molecule has 0 spiro atoms. The molecular formula is C15H21BrN2O2. The fourth-order valence-corrected chi connectivity index (χ4v) is 1.82. The summed E-state index contributed by atoms with van der Waals surface area (Å²) in [5.74, 6) is 0.412.